The maximum Gasteiger partial charge on any atom is 0.0850 e. The van der Waals surface area contributed by atoms with Gasteiger partial charge >= 0.3 is 0 Å². The van der Waals surface area contributed by atoms with Crippen LogP contribution >= 0.6 is 0 Å². The first-order valence-corrected chi connectivity index (χ1v) is 31.9. The monoisotopic (exact) mass is 1070 g/mol. The molecular formula is C80H85N2+. The molecule has 0 spiro atoms. The quantitative estimate of drug-likeness (QED) is 0.0321. The molecule has 0 radical (unpaired) electrons. The van der Waals surface area contributed by atoms with Crippen LogP contribution in [0.25, 0.3) is 76.8 Å². The molecule has 2 nitrogen and oxygen atoms in total. The van der Waals surface area contributed by atoms with Gasteiger partial charge in [-0.05, 0) is 198 Å². The maximum absolute atomic E-state index is 4.15. The normalized spacial score (nSPS) is 14.7. The van der Waals surface area contributed by atoms with E-state index in [-0.39, 0.29) is 10.8 Å². The number of hydrogen-bond donors (Lipinski definition) is 2. The van der Waals surface area contributed by atoms with Crippen LogP contribution in [-0.2, 0) is 10.8 Å². The van der Waals surface area contributed by atoms with Crippen molar-refractivity contribution in [3.63, 3.8) is 0 Å². The van der Waals surface area contributed by atoms with Gasteiger partial charge in [0.05, 0.1) is 13.3 Å². The molecule has 0 fully saturated rings. The highest BCUT2D eigenvalue weighted by molar-refractivity contribution is 6.26. The Bertz CT molecular complexity index is 3530. The van der Waals surface area contributed by atoms with Crippen molar-refractivity contribution in [3.05, 3.63) is 223 Å². The Balaban J connectivity index is 0.784. The molecule has 2 heteroatoms. The molecule has 0 aromatic heterocycles. The Morgan fingerprint density at radius 1 is 0.280 bits per heavy atom. The Morgan fingerprint density at radius 2 is 0.622 bits per heavy atom. The molecule has 2 aliphatic carbocycles. The molecule has 0 amide bonds. The lowest BCUT2D eigenvalue weighted by atomic mass is 9.70. The number of rotatable bonds is 26. The summed E-state index contributed by atoms with van der Waals surface area (Å²) in [5.41, 5.74) is 21.4. The Kier molecular flexibility index (Phi) is 16.7. The summed E-state index contributed by atoms with van der Waals surface area (Å²) in [6.07, 6.45) is 25.0. The molecule has 1 unspecified atom stereocenters. The lowest BCUT2D eigenvalue weighted by Gasteiger charge is -2.33. The standard InChI is InChI=1S/C80H85N2/c1-5-9-13-23-49-79(50-24-14-10-6-2)75-31-21-19-29-69(75)71-47-43-63(55-77(71)79)81-61-39-33-57(34-40-61)59-37-45-67-68-46-38-60(54-74(68)66-28-18-17-27-65(66)73(67)53-59)58-35-41-62(42-36-58)82-64-44-48-72-70-30-20-22-32-76(70)80(78(72)56-64,51-25-15-11-7-3)52-26-16-12-8-4/h17-22,27-48,53-56,81-82H,1,5-16,23-26,49-52H2,2-4H3/q+1. The van der Waals surface area contributed by atoms with E-state index in [0.29, 0.717) is 0 Å². The molecule has 12 rings (SSSR count). The summed E-state index contributed by atoms with van der Waals surface area (Å²) in [7, 11) is 0. The van der Waals surface area contributed by atoms with E-state index in [1.54, 1.807) is 5.56 Å². The SMILES string of the molecule is [CH2+]CCCCCC1(CCCCCC)c2ccccc2-c2ccc(Nc3ccc(-c4ccc5c6ccc(-c7ccc(Nc8ccc9c(c8)C(CCCCCC)(CCCCCC)c8ccccc8-9)cc7)cc6c6ccccc6c5c4)cc3)cc21. The second-order valence-electron chi connectivity index (χ2n) is 24.3. The summed E-state index contributed by atoms with van der Waals surface area (Å²) in [5.74, 6) is 0. The molecule has 82 heavy (non-hydrogen) atoms. The van der Waals surface area contributed by atoms with Gasteiger partial charge in [-0.2, -0.15) is 0 Å². The first-order valence-electron chi connectivity index (χ1n) is 31.9. The van der Waals surface area contributed by atoms with E-state index in [1.807, 2.05) is 0 Å². The first kappa shape index (κ1) is 55.0. The molecule has 10 aromatic carbocycles. The van der Waals surface area contributed by atoms with Gasteiger partial charge in [-0.1, -0.05) is 238 Å². The van der Waals surface area contributed by atoms with Gasteiger partial charge in [-0.3, -0.25) is 0 Å². The van der Waals surface area contributed by atoms with Crippen molar-refractivity contribution in [2.75, 3.05) is 10.6 Å². The van der Waals surface area contributed by atoms with Crippen molar-refractivity contribution >= 4 is 55.1 Å². The zero-order valence-corrected chi connectivity index (χ0v) is 49.3. The fraction of sp³-hybridized carbons (Fsp3) is 0.312. The number of nitrogens with one attached hydrogen (secondary N) is 2. The van der Waals surface area contributed by atoms with Gasteiger partial charge in [0.15, 0.2) is 0 Å². The number of benzene rings is 10. The number of anilines is 4. The lowest BCUT2D eigenvalue weighted by molar-refractivity contribution is 0.401. The van der Waals surface area contributed by atoms with Crippen molar-refractivity contribution < 1.29 is 0 Å². The van der Waals surface area contributed by atoms with Crippen molar-refractivity contribution in [1.29, 1.82) is 0 Å². The fourth-order valence-electron chi connectivity index (χ4n) is 14.9. The molecule has 0 aliphatic heterocycles. The minimum absolute atomic E-state index is 0.0506. The van der Waals surface area contributed by atoms with E-state index in [0.717, 1.165) is 23.5 Å². The van der Waals surface area contributed by atoms with Gasteiger partial charge in [0.1, 0.15) is 0 Å². The smallest absolute Gasteiger partial charge is 0.0850 e. The summed E-state index contributed by atoms with van der Waals surface area (Å²) in [6, 6.07) is 74.2. The molecule has 0 saturated carbocycles. The predicted molar refractivity (Wildman–Crippen MR) is 356 cm³/mol. The minimum Gasteiger partial charge on any atom is -0.356 e. The van der Waals surface area contributed by atoms with Gasteiger partial charge < -0.3 is 10.6 Å². The zero-order valence-electron chi connectivity index (χ0n) is 49.3. The van der Waals surface area contributed by atoms with Crippen molar-refractivity contribution in [2.45, 2.75) is 160 Å². The van der Waals surface area contributed by atoms with Crippen LogP contribution in [0.15, 0.2) is 194 Å². The molecule has 0 saturated heterocycles. The van der Waals surface area contributed by atoms with Gasteiger partial charge in [0, 0.05) is 33.6 Å². The van der Waals surface area contributed by atoms with Crippen molar-refractivity contribution in [3.8, 4) is 44.5 Å². The largest absolute Gasteiger partial charge is 0.356 e. The molecule has 2 aliphatic rings. The summed E-state index contributed by atoms with van der Waals surface area (Å²) >= 11 is 0. The lowest BCUT2D eigenvalue weighted by Crippen LogP contribution is -2.25. The summed E-state index contributed by atoms with van der Waals surface area (Å²) in [4.78, 5) is 0. The van der Waals surface area contributed by atoms with E-state index in [2.05, 4.69) is 232 Å². The third-order valence-corrected chi connectivity index (χ3v) is 19.1. The molecule has 2 N–H and O–H groups in total. The maximum atomic E-state index is 4.15. The second kappa shape index (κ2) is 24.9. The van der Waals surface area contributed by atoms with Gasteiger partial charge in [-0.15, -0.1) is 0 Å². The van der Waals surface area contributed by atoms with Crippen LogP contribution in [0.4, 0.5) is 22.7 Å². The van der Waals surface area contributed by atoms with Crippen LogP contribution in [0.3, 0.4) is 0 Å². The summed E-state index contributed by atoms with van der Waals surface area (Å²) in [5, 5.41) is 15.4. The van der Waals surface area contributed by atoms with Crippen LogP contribution in [0.2, 0.25) is 0 Å². The Morgan fingerprint density at radius 3 is 1.02 bits per heavy atom. The Labute approximate surface area is 490 Å². The molecule has 10 aromatic rings. The van der Waals surface area contributed by atoms with Crippen LogP contribution < -0.4 is 10.6 Å². The van der Waals surface area contributed by atoms with Crippen LogP contribution in [0.1, 0.15) is 171 Å². The first-order chi connectivity index (χ1) is 40.4. The molecule has 0 heterocycles. The van der Waals surface area contributed by atoms with E-state index in [4.69, 9.17) is 0 Å². The van der Waals surface area contributed by atoms with Crippen LogP contribution in [-0.4, -0.2) is 0 Å². The summed E-state index contributed by atoms with van der Waals surface area (Å²) in [6.45, 7) is 11.1. The average Bonchev–Trinajstić information content (AvgIpc) is 4.19. The van der Waals surface area contributed by atoms with E-state index >= 15 is 0 Å². The van der Waals surface area contributed by atoms with Crippen LogP contribution in [0, 0.1) is 6.92 Å². The van der Waals surface area contributed by atoms with Gasteiger partial charge in [0.2, 0.25) is 0 Å². The Hall–Kier alpha value is -7.55. The molecule has 1 atom stereocenters. The molecule has 0 bridgehead atoms. The topological polar surface area (TPSA) is 24.1 Å². The highest BCUT2D eigenvalue weighted by Crippen LogP contribution is 2.57. The van der Waals surface area contributed by atoms with E-state index < -0.39 is 0 Å². The number of unbranched alkanes of at least 4 members (excludes halogenated alkanes) is 12. The summed E-state index contributed by atoms with van der Waals surface area (Å²) < 4.78 is 0. The second-order valence-corrected chi connectivity index (χ2v) is 24.3. The van der Waals surface area contributed by atoms with E-state index in [1.165, 1.54) is 221 Å². The van der Waals surface area contributed by atoms with Crippen molar-refractivity contribution in [2.24, 2.45) is 0 Å². The highest BCUT2D eigenvalue weighted by atomic mass is 14.9. The third-order valence-electron chi connectivity index (χ3n) is 19.1. The zero-order chi connectivity index (χ0) is 55.9. The van der Waals surface area contributed by atoms with Crippen molar-refractivity contribution in [1.82, 2.24) is 0 Å². The average molecular weight is 1070 g/mol. The van der Waals surface area contributed by atoms with E-state index in [9.17, 15) is 0 Å². The number of hydrogen-bond acceptors (Lipinski definition) is 2. The highest BCUT2D eigenvalue weighted by Gasteiger charge is 2.43. The van der Waals surface area contributed by atoms with Crippen LogP contribution in [0.5, 0.6) is 0 Å². The fourth-order valence-corrected chi connectivity index (χ4v) is 14.9. The molecule has 414 valence electrons. The molecular weight excluding hydrogens is 989 g/mol. The van der Waals surface area contributed by atoms with Gasteiger partial charge in [0.25, 0.3) is 0 Å². The van der Waals surface area contributed by atoms with Gasteiger partial charge in [-0.25, -0.2) is 0 Å². The third kappa shape index (κ3) is 10.8. The minimum atomic E-state index is 0.0506. The predicted octanol–water partition coefficient (Wildman–Crippen LogP) is 24.2. The number of fused-ring (bicyclic) bond motifs is 12.